The van der Waals surface area contributed by atoms with Crippen molar-refractivity contribution >= 4 is 15.7 Å². The van der Waals surface area contributed by atoms with Gasteiger partial charge in [-0.2, -0.15) is 4.31 Å². The number of nitrogens with two attached hydrogens (primary N) is 1. The van der Waals surface area contributed by atoms with Gasteiger partial charge >= 0.3 is 0 Å². The number of aryl methyl sites for hydroxylation is 1. The van der Waals surface area contributed by atoms with Crippen LogP contribution in [0, 0.1) is 24.0 Å². The van der Waals surface area contributed by atoms with Crippen LogP contribution in [0.25, 0.3) is 0 Å². The molecule has 116 valence electrons. The van der Waals surface area contributed by atoms with Crippen LogP contribution in [0.3, 0.4) is 0 Å². The van der Waals surface area contributed by atoms with Gasteiger partial charge < -0.3 is 5.73 Å². The maximum Gasteiger partial charge on any atom is 0.273 e. The second kappa shape index (κ2) is 5.70. The van der Waals surface area contributed by atoms with Crippen LogP contribution in [0.2, 0.25) is 0 Å². The van der Waals surface area contributed by atoms with E-state index in [4.69, 9.17) is 5.73 Å². The van der Waals surface area contributed by atoms with Gasteiger partial charge in [0.05, 0.1) is 9.82 Å². The molecule has 7 nitrogen and oxygen atoms in total. The number of nitro groups is 1. The lowest BCUT2D eigenvalue weighted by molar-refractivity contribution is -0.385. The number of hydrogen-bond donors (Lipinski definition) is 1. The fraction of sp³-hybridized carbons (Fsp3) is 0.538. The minimum atomic E-state index is -3.74. The molecule has 1 heterocycles. The fourth-order valence-electron chi connectivity index (χ4n) is 2.49. The summed E-state index contributed by atoms with van der Waals surface area (Å²) in [5.74, 6) is 0. The van der Waals surface area contributed by atoms with Gasteiger partial charge in [0.1, 0.15) is 0 Å². The average molecular weight is 313 g/mol. The molecule has 2 rings (SSSR count). The second-order valence-corrected chi connectivity index (χ2v) is 7.34. The molecule has 0 saturated carbocycles. The van der Waals surface area contributed by atoms with Crippen molar-refractivity contribution in [1.82, 2.24) is 4.31 Å². The summed E-state index contributed by atoms with van der Waals surface area (Å²) in [4.78, 5) is 10.5. The molecule has 0 radical (unpaired) electrons. The van der Waals surface area contributed by atoms with Gasteiger partial charge in [0.15, 0.2) is 0 Å². The van der Waals surface area contributed by atoms with Gasteiger partial charge in [0.2, 0.25) is 10.0 Å². The Bertz CT molecular complexity index is 672. The van der Waals surface area contributed by atoms with Crippen LogP contribution in [0.5, 0.6) is 0 Å². The molecule has 1 aliphatic heterocycles. The van der Waals surface area contributed by atoms with E-state index in [1.165, 1.54) is 10.4 Å². The smallest absolute Gasteiger partial charge is 0.273 e. The summed E-state index contributed by atoms with van der Waals surface area (Å²) in [7, 11) is -3.74. The van der Waals surface area contributed by atoms with Crippen LogP contribution in [0.4, 0.5) is 5.69 Å². The summed E-state index contributed by atoms with van der Waals surface area (Å²) >= 11 is 0. The van der Waals surface area contributed by atoms with Crippen LogP contribution in [0.1, 0.15) is 24.0 Å². The van der Waals surface area contributed by atoms with Gasteiger partial charge in [-0.15, -0.1) is 0 Å². The van der Waals surface area contributed by atoms with E-state index in [2.05, 4.69) is 0 Å². The number of nitrogens with zero attached hydrogens (tertiary/aromatic N) is 2. The van der Waals surface area contributed by atoms with Gasteiger partial charge in [-0.05, 0) is 38.3 Å². The molecular formula is C13H19N3O4S. The maximum atomic E-state index is 12.6. The lowest BCUT2D eigenvalue weighted by Crippen LogP contribution is -2.45. The van der Waals surface area contributed by atoms with Crippen molar-refractivity contribution in [2.75, 3.05) is 13.1 Å². The molecule has 1 atom stereocenters. The van der Waals surface area contributed by atoms with Crippen LogP contribution >= 0.6 is 0 Å². The Morgan fingerprint density at radius 2 is 2.05 bits per heavy atom. The first-order valence-corrected chi connectivity index (χ1v) is 8.19. The molecular weight excluding hydrogens is 294 g/mol. The van der Waals surface area contributed by atoms with E-state index in [1.807, 2.05) is 0 Å². The molecule has 0 amide bonds. The normalized spacial score (nSPS) is 20.4. The van der Waals surface area contributed by atoms with Crippen LogP contribution in [0.15, 0.2) is 17.0 Å². The van der Waals surface area contributed by atoms with Crippen molar-refractivity contribution < 1.29 is 13.3 Å². The van der Waals surface area contributed by atoms with Crippen LogP contribution < -0.4 is 5.73 Å². The molecule has 1 aromatic carbocycles. The highest BCUT2D eigenvalue weighted by atomic mass is 32.2. The first kappa shape index (κ1) is 15.9. The molecule has 2 N–H and O–H groups in total. The zero-order valence-corrected chi connectivity index (χ0v) is 12.9. The zero-order chi connectivity index (χ0) is 15.8. The Morgan fingerprint density at radius 1 is 1.38 bits per heavy atom. The highest BCUT2D eigenvalue weighted by Crippen LogP contribution is 2.28. The van der Waals surface area contributed by atoms with Gasteiger partial charge in [-0.3, -0.25) is 10.1 Å². The van der Waals surface area contributed by atoms with Gasteiger partial charge in [0.25, 0.3) is 5.69 Å². The number of piperidine rings is 1. The second-order valence-electron chi connectivity index (χ2n) is 5.41. The number of benzene rings is 1. The molecule has 1 fully saturated rings. The highest BCUT2D eigenvalue weighted by Gasteiger charge is 2.30. The minimum Gasteiger partial charge on any atom is -0.327 e. The van der Waals surface area contributed by atoms with Crippen molar-refractivity contribution in [2.24, 2.45) is 5.73 Å². The van der Waals surface area contributed by atoms with Crippen molar-refractivity contribution in [3.63, 3.8) is 0 Å². The zero-order valence-electron chi connectivity index (χ0n) is 12.1. The van der Waals surface area contributed by atoms with Crippen molar-refractivity contribution in [3.8, 4) is 0 Å². The average Bonchev–Trinajstić information content (AvgIpc) is 2.41. The third-order valence-corrected chi connectivity index (χ3v) is 5.71. The molecule has 0 bridgehead atoms. The van der Waals surface area contributed by atoms with Crippen molar-refractivity contribution in [1.29, 1.82) is 0 Å². The van der Waals surface area contributed by atoms with E-state index in [0.29, 0.717) is 24.1 Å². The summed E-state index contributed by atoms with van der Waals surface area (Å²) < 4.78 is 26.6. The monoisotopic (exact) mass is 313 g/mol. The number of hydrogen-bond acceptors (Lipinski definition) is 5. The number of sulfonamides is 1. The van der Waals surface area contributed by atoms with E-state index in [0.717, 1.165) is 12.5 Å². The molecule has 21 heavy (non-hydrogen) atoms. The first-order chi connectivity index (χ1) is 9.73. The summed E-state index contributed by atoms with van der Waals surface area (Å²) in [5, 5.41) is 11.1. The van der Waals surface area contributed by atoms with Gasteiger partial charge in [0, 0.05) is 30.8 Å². The van der Waals surface area contributed by atoms with Crippen LogP contribution in [-0.2, 0) is 10.0 Å². The summed E-state index contributed by atoms with van der Waals surface area (Å²) in [6.45, 7) is 3.93. The Kier molecular flexibility index (Phi) is 4.31. The Balaban J connectivity index is 2.47. The predicted molar refractivity (Wildman–Crippen MR) is 78.5 cm³/mol. The maximum absolute atomic E-state index is 12.6. The third-order valence-electron chi connectivity index (χ3n) is 3.87. The van der Waals surface area contributed by atoms with Gasteiger partial charge in [-0.25, -0.2) is 8.42 Å². The Labute approximate surface area is 123 Å². The molecule has 1 aromatic rings. The largest absolute Gasteiger partial charge is 0.327 e. The summed E-state index contributed by atoms with van der Waals surface area (Å²) in [6, 6.07) is 2.44. The molecule has 1 aliphatic rings. The van der Waals surface area contributed by atoms with E-state index < -0.39 is 14.9 Å². The fourth-order valence-corrected chi connectivity index (χ4v) is 4.13. The minimum absolute atomic E-state index is 0.0357. The molecule has 0 spiro atoms. The number of rotatable bonds is 3. The highest BCUT2D eigenvalue weighted by molar-refractivity contribution is 7.89. The molecule has 1 saturated heterocycles. The standard InChI is InChI=1S/C13H19N3O4S/c1-9-6-12(7-13(10(9)2)16(17)18)21(19,20)15-5-3-4-11(14)8-15/h6-7,11H,3-5,8,14H2,1-2H3. The van der Waals surface area contributed by atoms with E-state index in [1.54, 1.807) is 13.8 Å². The first-order valence-electron chi connectivity index (χ1n) is 6.75. The van der Waals surface area contributed by atoms with Crippen molar-refractivity contribution in [2.45, 2.75) is 37.6 Å². The van der Waals surface area contributed by atoms with Gasteiger partial charge in [-0.1, -0.05) is 0 Å². The molecule has 1 unspecified atom stereocenters. The summed E-state index contributed by atoms with van der Waals surface area (Å²) in [5.41, 5.74) is 6.71. The Morgan fingerprint density at radius 3 is 2.62 bits per heavy atom. The van der Waals surface area contributed by atoms with Crippen molar-refractivity contribution in [3.05, 3.63) is 33.4 Å². The third kappa shape index (κ3) is 3.07. The Hall–Kier alpha value is -1.51. The molecule has 0 aliphatic carbocycles. The van der Waals surface area contributed by atoms with E-state index in [9.17, 15) is 18.5 Å². The lowest BCUT2D eigenvalue weighted by atomic mass is 10.1. The summed E-state index contributed by atoms with van der Waals surface area (Å²) in [6.07, 6.45) is 1.49. The topological polar surface area (TPSA) is 107 Å². The quantitative estimate of drug-likeness (QED) is 0.669. The molecule has 0 aromatic heterocycles. The SMILES string of the molecule is Cc1cc(S(=O)(=O)N2CCCC(N)C2)cc([N+](=O)[O-])c1C. The van der Waals surface area contributed by atoms with E-state index >= 15 is 0 Å². The van der Waals surface area contributed by atoms with Crippen LogP contribution in [-0.4, -0.2) is 36.8 Å². The molecule has 8 heteroatoms. The number of nitro benzene ring substituents is 1. The lowest BCUT2D eigenvalue weighted by Gasteiger charge is -2.29. The predicted octanol–water partition coefficient (Wildman–Crippen LogP) is 1.32. The van der Waals surface area contributed by atoms with E-state index in [-0.39, 0.29) is 23.2 Å².